The number of halogens is 2. The number of nitrogens with one attached hydrogen (secondary N) is 1. The zero-order chi connectivity index (χ0) is 11.9. The summed E-state index contributed by atoms with van der Waals surface area (Å²) in [4.78, 5) is 12.1. The van der Waals surface area contributed by atoms with Crippen LogP contribution in [0.2, 0.25) is 0 Å². The second-order valence-electron chi connectivity index (χ2n) is 4.71. The van der Waals surface area contributed by atoms with E-state index in [1.54, 1.807) is 17.7 Å². The fourth-order valence-electron chi connectivity index (χ4n) is 2.80. The number of hydrogen-bond acceptors (Lipinski definition) is 6. The van der Waals surface area contributed by atoms with Crippen molar-refractivity contribution in [1.29, 1.82) is 0 Å². The molecule has 0 saturated carbocycles. The maximum Gasteiger partial charge on any atom is 0.140 e. The lowest BCUT2D eigenvalue weighted by Gasteiger charge is -2.25. The molecule has 8 heteroatoms. The van der Waals surface area contributed by atoms with Gasteiger partial charge in [-0.25, -0.2) is 9.97 Å². The highest BCUT2D eigenvalue weighted by molar-refractivity contribution is 7.16. The molecule has 0 aliphatic carbocycles. The number of morpholine rings is 1. The molecule has 2 aliphatic rings. The van der Waals surface area contributed by atoms with Crippen LogP contribution in [-0.4, -0.2) is 48.4 Å². The summed E-state index contributed by atoms with van der Waals surface area (Å²) in [7, 11) is 0. The topological polar surface area (TPSA) is 50.3 Å². The molecule has 0 aromatic carbocycles. The molecule has 2 aromatic heterocycles. The minimum atomic E-state index is 0. The normalized spacial score (nSPS) is 24.9. The fourth-order valence-corrected chi connectivity index (χ4v) is 3.52. The van der Waals surface area contributed by atoms with Crippen LogP contribution in [0.5, 0.6) is 0 Å². The Morgan fingerprint density at radius 3 is 3.05 bits per heavy atom. The Hall–Kier alpha value is -0.660. The molecule has 4 heterocycles. The van der Waals surface area contributed by atoms with E-state index in [1.807, 2.05) is 0 Å². The van der Waals surface area contributed by atoms with E-state index in [9.17, 15) is 0 Å². The van der Waals surface area contributed by atoms with Gasteiger partial charge in [-0.15, -0.1) is 36.2 Å². The third kappa shape index (κ3) is 2.58. The van der Waals surface area contributed by atoms with Crippen LogP contribution in [0.3, 0.4) is 0 Å². The minimum Gasteiger partial charge on any atom is -0.373 e. The van der Waals surface area contributed by atoms with E-state index in [4.69, 9.17) is 4.74 Å². The van der Waals surface area contributed by atoms with Crippen molar-refractivity contribution in [2.24, 2.45) is 0 Å². The Bertz CT molecular complexity index is 567. The first-order valence-electron chi connectivity index (χ1n) is 6.20. The smallest absolute Gasteiger partial charge is 0.140 e. The van der Waals surface area contributed by atoms with Gasteiger partial charge in [0.25, 0.3) is 0 Å². The van der Waals surface area contributed by atoms with Gasteiger partial charge in [0.1, 0.15) is 17.0 Å². The molecule has 1 N–H and O–H groups in total. The molecule has 2 aromatic rings. The van der Waals surface area contributed by atoms with Gasteiger partial charge >= 0.3 is 0 Å². The minimum absolute atomic E-state index is 0. The Labute approximate surface area is 133 Å². The Morgan fingerprint density at radius 2 is 2.20 bits per heavy atom. The molecule has 2 atom stereocenters. The van der Waals surface area contributed by atoms with Crippen LogP contribution >= 0.6 is 36.2 Å². The number of thiophene rings is 1. The fraction of sp³-hybridized carbons (Fsp3) is 0.500. The molecule has 2 saturated heterocycles. The number of nitrogens with zero attached hydrogens (tertiary/aromatic N) is 3. The first kappa shape index (κ1) is 15.7. The summed E-state index contributed by atoms with van der Waals surface area (Å²) in [6.45, 7) is 3.64. The van der Waals surface area contributed by atoms with E-state index in [1.165, 1.54) is 0 Å². The van der Waals surface area contributed by atoms with Crippen molar-refractivity contribution in [2.45, 2.75) is 12.1 Å². The zero-order valence-corrected chi connectivity index (χ0v) is 13.1. The Balaban J connectivity index is 0.000000735. The van der Waals surface area contributed by atoms with Gasteiger partial charge in [-0.05, 0) is 11.4 Å². The number of ether oxygens (including phenoxy) is 1. The van der Waals surface area contributed by atoms with Crippen LogP contribution in [0.4, 0.5) is 5.82 Å². The van der Waals surface area contributed by atoms with E-state index >= 15 is 0 Å². The largest absolute Gasteiger partial charge is 0.373 e. The third-order valence-electron chi connectivity index (χ3n) is 3.65. The highest BCUT2D eigenvalue weighted by Gasteiger charge is 2.36. The quantitative estimate of drug-likeness (QED) is 0.860. The molecule has 0 amide bonds. The van der Waals surface area contributed by atoms with Gasteiger partial charge in [0.2, 0.25) is 0 Å². The lowest BCUT2D eigenvalue weighted by Crippen LogP contribution is -2.47. The van der Waals surface area contributed by atoms with Crippen molar-refractivity contribution in [3.63, 3.8) is 0 Å². The Kier molecular flexibility index (Phi) is 5.04. The standard InChI is InChI=1S/C12H14N4OS.2ClH/c1-4-18-12-8(1)11(14-7-15-12)16-5-9-10(6-16)17-3-2-13-9;;/h1,4,7,9-10,13H,2-3,5-6H2;2*1H/t9-,10-;;/m0../s1. The molecule has 0 bridgehead atoms. The highest BCUT2D eigenvalue weighted by atomic mass is 35.5. The molecule has 2 aliphatic heterocycles. The van der Waals surface area contributed by atoms with Gasteiger partial charge < -0.3 is 15.0 Å². The summed E-state index contributed by atoms with van der Waals surface area (Å²) >= 11 is 1.66. The van der Waals surface area contributed by atoms with Gasteiger partial charge in [0.05, 0.1) is 24.1 Å². The number of hydrogen-bond donors (Lipinski definition) is 1. The summed E-state index contributed by atoms with van der Waals surface area (Å²) in [5, 5.41) is 6.74. The van der Waals surface area contributed by atoms with Crippen LogP contribution < -0.4 is 10.2 Å². The van der Waals surface area contributed by atoms with Crippen molar-refractivity contribution in [2.75, 3.05) is 31.1 Å². The van der Waals surface area contributed by atoms with E-state index in [0.29, 0.717) is 12.1 Å². The molecule has 2 fully saturated rings. The van der Waals surface area contributed by atoms with Crippen molar-refractivity contribution in [3.8, 4) is 0 Å². The van der Waals surface area contributed by atoms with Crippen LogP contribution in [0.1, 0.15) is 0 Å². The second-order valence-corrected chi connectivity index (χ2v) is 5.61. The summed E-state index contributed by atoms with van der Waals surface area (Å²) in [6, 6.07) is 2.54. The number of anilines is 1. The third-order valence-corrected chi connectivity index (χ3v) is 4.47. The average Bonchev–Trinajstić information content (AvgIpc) is 3.04. The van der Waals surface area contributed by atoms with Gasteiger partial charge in [-0.3, -0.25) is 0 Å². The first-order chi connectivity index (χ1) is 8.92. The molecular formula is C12H16Cl2N4OS. The van der Waals surface area contributed by atoms with Crippen molar-refractivity contribution in [1.82, 2.24) is 15.3 Å². The highest BCUT2D eigenvalue weighted by Crippen LogP contribution is 2.30. The maximum atomic E-state index is 5.80. The number of rotatable bonds is 1. The summed E-state index contributed by atoms with van der Waals surface area (Å²) < 4.78 is 5.80. The van der Waals surface area contributed by atoms with Gasteiger partial charge in [-0.1, -0.05) is 0 Å². The van der Waals surface area contributed by atoms with Crippen LogP contribution in [0.15, 0.2) is 17.8 Å². The van der Waals surface area contributed by atoms with Gasteiger partial charge in [-0.2, -0.15) is 0 Å². The molecule has 4 rings (SSSR count). The summed E-state index contributed by atoms with van der Waals surface area (Å²) in [5.74, 6) is 1.04. The molecule has 20 heavy (non-hydrogen) atoms. The lowest BCUT2D eigenvalue weighted by atomic mass is 10.2. The second kappa shape index (κ2) is 6.41. The number of fused-ring (bicyclic) bond motifs is 2. The lowest BCUT2D eigenvalue weighted by molar-refractivity contribution is 0.0212. The van der Waals surface area contributed by atoms with E-state index in [0.717, 1.165) is 42.3 Å². The predicted octanol–water partition coefficient (Wildman–Crippen LogP) is 1.71. The molecule has 0 unspecified atom stereocenters. The first-order valence-corrected chi connectivity index (χ1v) is 7.08. The molecule has 0 spiro atoms. The van der Waals surface area contributed by atoms with Crippen LogP contribution in [0.25, 0.3) is 10.2 Å². The predicted molar refractivity (Wildman–Crippen MR) is 85.7 cm³/mol. The summed E-state index contributed by atoms with van der Waals surface area (Å²) in [6.07, 6.45) is 1.95. The van der Waals surface area contributed by atoms with Crippen molar-refractivity contribution < 1.29 is 4.74 Å². The monoisotopic (exact) mass is 334 g/mol. The van der Waals surface area contributed by atoms with Crippen molar-refractivity contribution >= 4 is 52.2 Å². The van der Waals surface area contributed by atoms with E-state index < -0.39 is 0 Å². The zero-order valence-electron chi connectivity index (χ0n) is 10.7. The van der Waals surface area contributed by atoms with Gasteiger partial charge in [0.15, 0.2) is 0 Å². The van der Waals surface area contributed by atoms with Crippen LogP contribution in [0, 0.1) is 0 Å². The van der Waals surface area contributed by atoms with Gasteiger partial charge in [0, 0.05) is 19.6 Å². The van der Waals surface area contributed by atoms with Crippen LogP contribution in [-0.2, 0) is 4.74 Å². The van der Waals surface area contributed by atoms with Crippen molar-refractivity contribution in [3.05, 3.63) is 17.8 Å². The maximum absolute atomic E-state index is 5.80. The average molecular weight is 335 g/mol. The molecule has 0 radical (unpaired) electrons. The summed E-state index contributed by atoms with van der Waals surface area (Å²) in [5.41, 5.74) is 0. The van der Waals surface area contributed by atoms with E-state index in [-0.39, 0.29) is 24.8 Å². The molecular weight excluding hydrogens is 319 g/mol. The molecule has 110 valence electrons. The number of aromatic nitrogens is 2. The SMILES string of the molecule is Cl.Cl.c1nc(N2C[C@@H]3NCCO[C@H]3C2)c2ccsc2n1. The molecule has 5 nitrogen and oxygen atoms in total. The Morgan fingerprint density at radius 1 is 1.30 bits per heavy atom. The van der Waals surface area contributed by atoms with E-state index in [2.05, 4.69) is 31.6 Å².